The van der Waals surface area contributed by atoms with E-state index in [2.05, 4.69) is 10.3 Å². The number of nitrogens with two attached hydrogens (primary N) is 1. The molecular weight excluding hydrogens is 451 g/mol. The Hall–Kier alpha value is -3.72. The van der Waals surface area contributed by atoms with Crippen LogP contribution in [0.2, 0.25) is 0 Å². The molecule has 0 aliphatic carbocycles. The van der Waals surface area contributed by atoms with Gasteiger partial charge in [0.25, 0.3) is 5.91 Å². The molecule has 2 amide bonds. The van der Waals surface area contributed by atoms with Crippen LogP contribution in [0.4, 0.5) is 13.2 Å². The molecular formula is C24H18F3N3O2S. The van der Waals surface area contributed by atoms with Crippen molar-refractivity contribution in [1.82, 2.24) is 10.3 Å². The third-order valence-electron chi connectivity index (χ3n) is 4.93. The van der Waals surface area contributed by atoms with Gasteiger partial charge in [0.05, 0.1) is 27.3 Å². The van der Waals surface area contributed by atoms with E-state index in [9.17, 15) is 22.8 Å². The van der Waals surface area contributed by atoms with Crippen molar-refractivity contribution in [3.8, 4) is 11.1 Å². The van der Waals surface area contributed by atoms with E-state index in [0.717, 1.165) is 28.0 Å². The number of nitrogens with zero attached hydrogens (tertiary/aromatic N) is 1. The fourth-order valence-electron chi connectivity index (χ4n) is 3.43. The van der Waals surface area contributed by atoms with E-state index in [-0.39, 0.29) is 13.0 Å². The van der Waals surface area contributed by atoms with Gasteiger partial charge >= 0.3 is 6.18 Å². The summed E-state index contributed by atoms with van der Waals surface area (Å²) >= 11 is 1.41. The van der Waals surface area contributed by atoms with E-state index >= 15 is 0 Å². The molecule has 1 heterocycles. The van der Waals surface area contributed by atoms with Gasteiger partial charge in [-0.25, -0.2) is 4.98 Å². The lowest BCUT2D eigenvalue weighted by molar-refractivity contribution is -0.137. The van der Waals surface area contributed by atoms with Crippen molar-refractivity contribution in [2.24, 2.45) is 5.73 Å². The standard InChI is InChI=1S/C24H18F3N3O2S/c25-24(26,27)17-7-1-4-14(10-17)11-21-30-22-18(8-3-9-19(22)33-21)15-5-2-6-16(12-15)23(32)29-13-20(28)31/h1-10,12H,11,13H2,(H2,28,31)(H,29,32). The van der Waals surface area contributed by atoms with Gasteiger partial charge in [-0.15, -0.1) is 11.3 Å². The van der Waals surface area contributed by atoms with E-state index in [1.165, 1.54) is 17.4 Å². The molecule has 3 N–H and O–H groups in total. The van der Waals surface area contributed by atoms with Crippen molar-refractivity contribution in [3.05, 3.63) is 88.4 Å². The number of carbonyl (C=O) groups excluding carboxylic acids is 2. The second-order valence-corrected chi connectivity index (χ2v) is 8.48. The highest BCUT2D eigenvalue weighted by atomic mass is 32.1. The normalized spacial score (nSPS) is 11.5. The predicted molar refractivity (Wildman–Crippen MR) is 121 cm³/mol. The number of alkyl halides is 3. The van der Waals surface area contributed by atoms with Crippen molar-refractivity contribution in [2.75, 3.05) is 6.54 Å². The van der Waals surface area contributed by atoms with Crippen LogP contribution in [0.1, 0.15) is 26.5 Å². The molecule has 33 heavy (non-hydrogen) atoms. The minimum Gasteiger partial charge on any atom is -0.368 e. The van der Waals surface area contributed by atoms with Gasteiger partial charge in [0.2, 0.25) is 5.91 Å². The average Bonchev–Trinajstić information content (AvgIpc) is 3.19. The molecule has 0 aliphatic rings. The predicted octanol–water partition coefficient (Wildman–Crippen LogP) is 4.79. The Morgan fingerprint density at radius 3 is 2.52 bits per heavy atom. The molecule has 9 heteroatoms. The number of fused-ring (bicyclic) bond motifs is 1. The first kappa shape index (κ1) is 22.5. The lowest BCUT2D eigenvalue weighted by Gasteiger charge is -2.08. The number of carbonyl (C=O) groups is 2. The monoisotopic (exact) mass is 469 g/mol. The Bertz CT molecular complexity index is 1350. The second-order valence-electron chi connectivity index (χ2n) is 7.36. The number of primary amides is 1. The molecule has 0 atom stereocenters. The van der Waals surface area contributed by atoms with Crippen LogP contribution in [-0.4, -0.2) is 23.3 Å². The maximum Gasteiger partial charge on any atom is 0.416 e. The SMILES string of the molecule is NC(=O)CNC(=O)c1cccc(-c2cccc3sc(Cc4cccc(C(F)(F)F)c4)nc23)c1. The van der Waals surface area contributed by atoms with Crippen LogP contribution >= 0.6 is 11.3 Å². The van der Waals surface area contributed by atoms with E-state index in [4.69, 9.17) is 5.73 Å². The summed E-state index contributed by atoms with van der Waals surface area (Å²) in [5.74, 6) is -1.06. The average molecular weight is 469 g/mol. The molecule has 0 bridgehead atoms. The maximum atomic E-state index is 13.0. The molecule has 0 spiro atoms. The number of hydrogen-bond acceptors (Lipinski definition) is 4. The van der Waals surface area contributed by atoms with E-state index in [0.29, 0.717) is 21.7 Å². The molecule has 4 rings (SSSR count). The van der Waals surface area contributed by atoms with Crippen molar-refractivity contribution in [2.45, 2.75) is 12.6 Å². The molecule has 0 saturated heterocycles. The Morgan fingerprint density at radius 2 is 1.76 bits per heavy atom. The van der Waals surface area contributed by atoms with Gasteiger partial charge in [0, 0.05) is 17.5 Å². The number of aromatic nitrogens is 1. The Balaban J connectivity index is 1.64. The number of nitrogens with one attached hydrogen (secondary N) is 1. The zero-order valence-electron chi connectivity index (χ0n) is 17.1. The van der Waals surface area contributed by atoms with Crippen LogP contribution in [0.3, 0.4) is 0 Å². The van der Waals surface area contributed by atoms with E-state index in [1.807, 2.05) is 24.3 Å². The minimum atomic E-state index is -4.40. The maximum absolute atomic E-state index is 13.0. The summed E-state index contributed by atoms with van der Waals surface area (Å²) in [4.78, 5) is 27.9. The number of halogens is 3. The topological polar surface area (TPSA) is 85.1 Å². The fraction of sp³-hybridized carbons (Fsp3) is 0.125. The van der Waals surface area contributed by atoms with E-state index < -0.39 is 23.6 Å². The number of rotatable bonds is 6. The zero-order chi connectivity index (χ0) is 23.6. The highest BCUT2D eigenvalue weighted by molar-refractivity contribution is 7.18. The Labute approximate surface area is 191 Å². The van der Waals surface area contributed by atoms with Crippen LogP contribution in [-0.2, 0) is 17.4 Å². The van der Waals surface area contributed by atoms with Gasteiger partial charge < -0.3 is 11.1 Å². The minimum absolute atomic E-state index is 0.260. The Kier molecular flexibility index (Phi) is 6.15. The van der Waals surface area contributed by atoms with Gasteiger partial charge in [-0.1, -0.05) is 42.5 Å². The number of benzene rings is 3. The summed E-state index contributed by atoms with van der Waals surface area (Å²) in [6.07, 6.45) is -4.12. The zero-order valence-corrected chi connectivity index (χ0v) is 18.0. The first-order chi connectivity index (χ1) is 15.7. The summed E-state index contributed by atoms with van der Waals surface area (Å²) in [6.45, 7) is -0.260. The molecule has 0 fully saturated rings. The number of hydrogen-bond donors (Lipinski definition) is 2. The molecule has 0 saturated carbocycles. The van der Waals surface area contributed by atoms with Gasteiger partial charge in [-0.3, -0.25) is 9.59 Å². The van der Waals surface area contributed by atoms with Crippen LogP contribution in [0.15, 0.2) is 66.7 Å². The summed E-state index contributed by atoms with van der Waals surface area (Å²) in [5.41, 5.74) is 7.53. The third-order valence-corrected chi connectivity index (χ3v) is 5.95. The molecule has 168 valence electrons. The van der Waals surface area contributed by atoms with Gasteiger partial charge in [0.15, 0.2) is 0 Å². The summed E-state index contributed by atoms with van der Waals surface area (Å²) in [7, 11) is 0. The highest BCUT2D eigenvalue weighted by Gasteiger charge is 2.30. The molecule has 1 aromatic heterocycles. The van der Waals surface area contributed by atoms with E-state index in [1.54, 1.807) is 24.3 Å². The number of thiazole rings is 1. The van der Waals surface area contributed by atoms with Crippen molar-refractivity contribution in [1.29, 1.82) is 0 Å². The molecule has 0 aliphatic heterocycles. The van der Waals surface area contributed by atoms with Gasteiger partial charge in [-0.2, -0.15) is 13.2 Å². The smallest absolute Gasteiger partial charge is 0.368 e. The number of amides is 2. The summed E-state index contributed by atoms with van der Waals surface area (Å²) in [5, 5.41) is 3.14. The largest absolute Gasteiger partial charge is 0.416 e. The quantitative estimate of drug-likeness (QED) is 0.426. The molecule has 0 unspecified atom stereocenters. The summed E-state index contributed by atoms with van der Waals surface area (Å²) in [6, 6.07) is 17.7. The van der Waals surface area contributed by atoms with Crippen molar-refractivity contribution < 1.29 is 22.8 Å². The van der Waals surface area contributed by atoms with Crippen LogP contribution < -0.4 is 11.1 Å². The van der Waals surface area contributed by atoms with Crippen LogP contribution in [0, 0.1) is 0 Å². The van der Waals surface area contributed by atoms with Crippen molar-refractivity contribution >= 4 is 33.4 Å². The lowest BCUT2D eigenvalue weighted by Crippen LogP contribution is -2.33. The first-order valence-corrected chi connectivity index (χ1v) is 10.7. The molecule has 3 aromatic carbocycles. The lowest BCUT2D eigenvalue weighted by atomic mass is 10.0. The van der Waals surface area contributed by atoms with Crippen molar-refractivity contribution in [3.63, 3.8) is 0 Å². The molecule has 0 radical (unpaired) electrons. The van der Waals surface area contributed by atoms with Gasteiger partial charge in [-0.05, 0) is 35.4 Å². The highest BCUT2D eigenvalue weighted by Crippen LogP contribution is 2.34. The van der Waals surface area contributed by atoms with Gasteiger partial charge in [0.1, 0.15) is 0 Å². The first-order valence-electron chi connectivity index (χ1n) is 9.92. The third kappa shape index (κ3) is 5.20. The molecule has 5 nitrogen and oxygen atoms in total. The second kappa shape index (κ2) is 9.03. The van der Waals surface area contributed by atoms with Crippen LogP contribution in [0.5, 0.6) is 0 Å². The summed E-state index contributed by atoms with van der Waals surface area (Å²) < 4.78 is 40.0. The number of para-hydroxylation sites is 1. The fourth-order valence-corrected chi connectivity index (χ4v) is 4.46. The molecule has 4 aromatic rings. The van der Waals surface area contributed by atoms with Crippen LogP contribution in [0.25, 0.3) is 21.3 Å². The Morgan fingerprint density at radius 1 is 1.00 bits per heavy atom.